The third-order valence-corrected chi connectivity index (χ3v) is 3.57. The van der Waals surface area contributed by atoms with E-state index in [1.807, 2.05) is 0 Å². The normalized spacial score (nSPS) is 18.9. The number of hydrogen-bond acceptors (Lipinski definition) is 3. The Balaban J connectivity index is 1.95. The van der Waals surface area contributed by atoms with Crippen LogP contribution in [0.25, 0.3) is 11.0 Å². The van der Waals surface area contributed by atoms with Crippen LogP contribution in [0.15, 0.2) is 22.7 Å². The Morgan fingerprint density at radius 1 is 1.35 bits per heavy atom. The molecule has 2 aromatic rings. The van der Waals surface area contributed by atoms with Crippen molar-refractivity contribution in [3.05, 3.63) is 29.7 Å². The summed E-state index contributed by atoms with van der Waals surface area (Å²) in [7, 11) is 2.13. The minimum atomic E-state index is -0.274. The number of piperidine rings is 1. The molecule has 2 heterocycles. The lowest BCUT2D eigenvalue weighted by Gasteiger charge is -2.27. The lowest BCUT2D eigenvalue weighted by molar-refractivity contribution is 0.250. The zero-order chi connectivity index (χ0) is 11.8. The molecule has 4 heteroatoms. The fraction of sp³-hybridized carbons (Fsp3) is 0.462. The van der Waals surface area contributed by atoms with E-state index >= 15 is 0 Å². The van der Waals surface area contributed by atoms with Crippen LogP contribution in [0.3, 0.4) is 0 Å². The van der Waals surface area contributed by atoms with Gasteiger partial charge in [0, 0.05) is 17.4 Å². The molecule has 0 bridgehead atoms. The Labute approximate surface area is 99.2 Å². The fourth-order valence-corrected chi connectivity index (χ4v) is 2.51. The van der Waals surface area contributed by atoms with Crippen molar-refractivity contribution < 1.29 is 8.91 Å². The SMILES string of the molecule is CN1CCC(c2noc3cc(F)ccc23)CC1. The lowest BCUT2D eigenvalue weighted by atomic mass is 9.92. The van der Waals surface area contributed by atoms with Crippen molar-refractivity contribution in [2.75, 3.05) is 20.1 Å². The maximum Gasteiger partial charge on any atom is 0.170 e. The van der Waals surface area contributed by atoms with E-state index in [1.165, 1.54) is 12.1 Å². The molecule has 0 atom stereocenters. The van der Waals surface area contributed by atoms with Gasteiger partial charge in [0.1, 0.15) is 5.82 Å². The highest BCUT2D eigenvalue weighted by molar-refractivity contribution is 5.79. The zero-order valence-corrected chi connectivity index (χ0v) is 9.82. The topological polar surface area (TPSA) is 29.3 Å². The van der Waals surface area contributed by atoms with E-state index in [9.17, 15) is 4.39 Å². The Hall–Kier alpha value is -1.42. The molecule has 3 rings (SSSR count). The van der Waals surface area contributed by atoms with Crippen LogP contribution in [-0.2, 0) is 0 Å². The maximum absolute atomic E-state index is 13.0. The monoisotopic (exact) mass is 234 g/mol. The number of hydrogen-bond donors (Lipinski definition) is 0. The molecule has 1 aliphatic heterocycles. The Morgan fingerprint density at radius 3 is 2.88 bits per heavy atom. The third-order valence-electron chi connectivity index (χ3n) is 3.57. The van der Waals surface area contributed by atoms with Gasteiger partial charge in [0.15, 0.2) is 5.58 Å². The first kappa shape index (κ1) is 10.7. The lowest BCUT2D eigenvalue weighted by Crippen LogP contribution is -2.29. The van der Waals surface area contributed by atoms with Gasteiger partial charge in [-0.1, -0.05) is 5.16 Å². The third kappa shape index (κ3) is 1.93. The summed E-state index contributed by atoms with van der Waals surface area (Å²) < 4.78 is 18.3. The van der Waals surface area contributed by atoms with Gasteiger partial charge in [-0.15, -0.1) is 0 Å². The van der Waals surface area contributed by atoms with E-state index in [0.29, 0.717) is 11.5 Å². The quantitative estimate of drug-likeness (QED) is 0.759. The van der Waals surface area contributed by atoms with Crippen LogP contribution in [0.5, 0.6) is 0 Å². The standard InChI is InChI=1S/C13H15FN2O/c1-16-6-4-9(5-7-16)13-11-3-2-10(14)8-12(11)17-15-13/h2-3,8-9H,4-7H2,1H3. The predicted octanol–water partition coefficient (Wildman–Crippen LogP) is 2.78. The van der Waals surface area contributed by atoms with Gasteiger partial charge in [-0.3, -0.25) is 0 Å². The van der Waals surface area contributed by atoms with Crippen molar-refractivity contribution in [1.82, 2.24) is 10.1 Å². The van der Waals surface area contributed by atoms with Gasteiger partial charge in [0.05, 0.1) is 5.69 Å². The summed E-state index contributed by atoms with van der Waals surface area (Å²) >= 11 is 0. The van der Waals surface area contributed by atoms with Crippen molar-refractivity contribution in [2.45, 2.75) is 18.8 Å². The molecular weight excluding hydrogens is 219 g/mol. The molecule has 0 radical (unpaired) electrons. The molecule has 0 saturated carbocycles. The van der Waals surface area contributed by atoms with Gasteiger partial charge in [-0.05, 0) is 45.1 Å². The van der Waals surface area contributed by atoms with Gasteiger partial charge in [-0.2, -0.15) is 0 Å². The van der Waals surface area contributed by atoms with Gasteiger partial charge in [-0.25, -0.2) is 4.39 Å². The summed E-state index contributed by atoms with van der Waals surface area (Å²) in [6, 6.07) is 4.65. The smallest absolute Gasteiger partial charge is 0.170 e. The van der Waals surface area contributed by atoms with E-state index < -0.39 is 0 Å². The number of nitrogens with zero attached hydrogens (tertiary/aromatic N) is 2. The van der Waals surface area contributed by atoms with Crippen LogP contribution >= 0.6 is 0 Å². The molecule has 1 saturated heterocycles. The maximum atomic E-state index is 13.0. The highest BCUT2D eigenvalue weighted by atomic mass is 19.1. The largest absolute Gasteiger partial charge is 0.356 e. The van der Waals surface area contributed by atoms with Crippen molar-refractivity contribution >= 4 is 11.0 Å². The molecule has 0 amide bonds. The molecular formula is C13H15FN2O. The van der Waals surface area contributed by atoms with Crippen molar-refractivity contribution in [3.8, 4) is 0 Å². The van der Waals surface area contributed by atoms with E-state index in [-0.39, 0.29) is 5.82 Å². The van der Waals surface area contributed by atoms with Crippen molar-refractivity contribution in [2.24, 2.45) is 0 Å². The van der Waals surface area contributed by atoms with E-state index in [1.54, 1.807) is 6.07 Å². The van der Waals surface area contributed by atoms with Crippen LogP contribution in [0, 0.1) is 5.82 Å². The summed E-state index contributed by atoms with van der Waals surface area (Å²) in [5, 5.41) is 5.08. The summed E-state index contributed by atoms with van der Waals surface area (Å²) in [6.07, 6.45) is 2.19. The second-order valence-electron chi connectivity index (χ2n) is 4.79. The minimum absolute atomic E-state index is 0.274. The first-order valence-corrected chi connectivity index (χ1v) is 5.97. The van der Waals surface area contributed by atoms with E-state index in [4.69, 9.17) is 4.52 Å². The van der Waals surface area contributed by atoms with Crippen LogP contribution in [0.2, 0.25) is 0 Å². The summed E-state index contributed by atoms with van der Waals surface area (Å²) in [6.45, 7) is 2.17. The molecule has 1 aromatic carbocycles. The molecule has 0 spiro atoms. The van der Waals surface area contributed by atoms with E-state index in [0.717, 1.165) is 37.0 Å². The number of aromatic nitrogens is 1. The van der Waals surface area contributed by atoms with Gasteiger partial charge < -0.3 is 9.42 Å². The summed E-state index contributed by atoms with van der Waals surface area (Å²) in [5.41, 5.74) is 1.55. The molecule has 0 N–H and O–H groups in total. The van der Waals surface area contributed by atoms with Crippen LogP contribution in [-0.4, -0.2) is 30.2 Å². The molecule has 0 aliphatic carbocycles. The second kappa shape index (κ2) is 4.11. The zero-order valence-electron chi connectivity index (χ0n) is 9.82. The average Bonchev–Trinajstić information content (AvgIpc) is 2.73. The molecule has 3 nitrogen and oxygen atoms in total. The first-order valence-electron chi connectivity index (χ1n) is 5.97. The van der Waals surface area contributed by atoms with Crippen LogP contribution < -0.4 is 0 Å². The Kier molecular flexibility index (Phi) is 2.59. The molecule has 0 unspecified atom stereocenters. The molecule has 17 heavy (non-hydrogen) atoms. The van der Waals surface area contributed by atoms with Crippen molar-refractivity contribution in [1.29, 1.82) is 0 Å². The number of likely N-dealkylation sites (tertiary alicyclic amines) is 1. The number of rotatable bonds is 1. The van der Waals surface area contributed by atoms with Gasteiger partial charge in [0.2, 0.25) is 0 Å². The van der Waals surface area contributed by atoms with Crippen LogP contribution in [0.1, 0.15) is 24.5 Å². The predicted molar refractivity (Wildman–Crippen MR) is 63.4 cm³/mol. The summed E-state index contributed by atoms with van der Waals surface area (Å²) in [5.74, 6) is 0.168. The minimum Gasteiger partial charge on any atom is -0.356 e. The number of benzene rings is 1. The van der Waals surface area contributed by atoms with Crippen LogP contribution in [0.4, 0.5) is 4.39 Å². The highest BCUT2D eigenvalue weighted by Crippen LogP contribution is 2.32. The van der Waals surface area contributed by atoms with Gasteiger partial charge in [0.25, 0.3) is 0 Å². The summed E-state index contributed by atoms with van der Waals surface area (Å²) in [4.78, 5) is 2.32. The molecule has 1 fully saturated rings. The number of halogens is 1. The molecule has 90 valence electrons. The number of fused-ring (bicyclic) bond motifs is 1. The first-order chi connectivity index (χ1) is 8.24. The fourth-order valence-electron chi connectivity index (χ4n) is 2.51. The highest BCUT2D eigenvalue weighted by Gasteiger charge is 2.23. The van der Waals surface area contributed by atoms with Gasteiger partial charge >= 0.3 is 0 Å². The molecule has 1 aliphatic rings. The average molecular weight is 234 g/mol. The Bertz CT molecular complexity index is 529. The Morgan fingerprint density at radius 2 is 2.12 bits per heavy atom. The molecule has 1 aromatic heterocycles. The van der Waals surface area contributed by atoms with Crippen molar-refractivity contribution in [3.63, 3.8) is 0 Å². The second-order valence-corrected chi connectivity index (χ2v) is 4.79. The van der Waals surface area contributed by atoms with E-state index in [2.05, 4.69) is 17.1 Å².